The molecule has 0 aliphatic carbocycles. The van der Waals surface area contributed by atoms with Crippen LogP contribution in [-0.4, -0.2) is 35.2 Å². The van der Waals surface area contributed by atoms with Crippen LogP contribution in [0, 0.1) is 0 Å². The van der Waals surface area contributed by atoms with Crippen molar-refractivity contribution in [3.8, 4) is 0 Å². The quantitative estimate of drug-likeness (QED) is 0.810. The Hall–Kier alpha value is -1.91. The van der Waals surface area contributed by atoms with Gasteiger partial charge in [-0.05, 0) is 23.3 Å². The number of rotatable bonds is 7. The number of hydrogen-bond donors (Lipinski definition) is 2. The number of hydrogen-bond acceptors (Lipinski definition) is 4. The number of nitrogens with one attached hydrogen (secondary N) is 1. The Balaban J connectivity index is 2.04. The maximum atomic E-state index is 9.23. The van der Waals surface area contributed by atoms with Gasteiger partial charge >= 0.3 is 0 Å². The number of nitrogens with zero attached hydrogens (tertiary/aromatic N) is 2. The van der Waals surface area contributed by atoms with Crippen LogP contribution in [0.15, 0.2) is 48.7 Å². The molecule has 1 aromatic heterocycles. The first-order valence-corrected chi connectivity index (χ1v) is 6.81. The lowest BCUT2D eigenvalue weighted by Gasteiger charge is -2.21. The van der Waals surface area contributed by atoms with Gasteiger partial charge in [0, 0.05) is 32.9 Å². The molecule has 106 valence electrons. The van der Waals surface area contributed by atoms with Gasteiger partial charge in [0.05, 0.1) is 6.61 Å². The highest BCUT2D eigenvalue weighted by atomic mass is 16.3. The second-order valence-electron chi connectivity index (χ2n) is 4.72. The second kappa shape index (κ2) is 7.62. The fourth-order valence-corrected chi connectivity index (χ4v) is 2.16. The average molecular weight is 271 g/mol. The van der Waals surface area contributed by atoms with E-state index in [1.807, 2.05) is 37.4 Å². The van der Waals surface area contributed by atoms with Gasteiger partial charge in [-0.3, -0.25) is 4.90 Å². The fourth-order valence-electron chi connectivity index (χ4n) is 2.16. The minimum atomic E-state index is 0.163. The summed E-state index contributed by atoms with van der Waals surface area (Å²) < 4.78 is 0. The normalized spacial score (nSPS) is 10.8. The number of aromatic nitrogens is 1. The third-order valence-electron chi connectivity index (χ3n) is 3.15. The number of pyridine rings is 1. The van der Waals surface area contributed by atoms with Crippen LogP contribution < -0.4 is 5.32 Å². The van der Waals surface area contributed by atoms with E-state index in [4.69, 9.17) is 0 Å². The smallest absolute Gasteiger partial charge is 0.125 e. The lowest BCUT2D eigenvalue weighted by atomic mass is 10.2. The molecule has 1 aromatic carbocycles. The molecule has 0 atom stereocenters. The summed E-state index contributed by atoms with van der Waals surface area (Å²) in [5.41, 5.74) is 2.44. The molecule has 2 rings (SSSR count). The van der Waals surface area contributed by atoms with Crippen LogP contribution >= 0.6 is 0 Å². The Kier molecular flexibility index (Phi) is 5.53. The minimum absolute atomic E-state index is 0.163. The van der Waals surface area contributed by atoms with E-state index in [1.54, 1.807) is 6.20 Å². The fraction of sp³-hybridized carbons (Fsp3) is 0.312. The van der Waals surface area contributed by atoms with Crippen LogP contribution in [0.4, 0.5) is 5.82 Å². The molecule has 4 heteroatoms. The summed E-state index contributed by atoms with van der Waals surface area (Å²) >= 11 is 0. The zero-order chi connectivity index (χ0) is 14.2. The van der Waals surface area contributed by atoms with Crippen LogP contribution in [0.25, 0.3) is 0 Å². The molecule has 0 bridgehead atoms. The third kappa shape index (κ3) is 4.33. The zero-order valence-electron chi connectivity index (χ0n) is 11.8. The van der Waals surface area contributed by atoms with Crippen molar-refractivity contribution < 1.29 is 5.11 Å². The predicted octanol–water partition coefficient (Wildman–Crippen LogP) is 2.12. The van der Waals surface area contributed by atoms with E-state index in [0.29, 0.717) is 6.54 Å². The summed E-state index contributed by atoms with van der Waals surface area (Å²) in [6, 6.07) is 14.4. The minimum Gasteiger partial charge on any atom is -0.395 e. The van der Waals surface area contributed by atoms with E-state index < -0.39 is 0 Å². The average Bonchev–Trinajstić information content (AvgIpc) is 2.49. The standard InChI is InChI=1S/C16H21N3O/c1-17-16-11-15(7-8-18-16)13-19(9-10-20)12-14-5-3-2-4-6-14/h2-8,11,20H,9-10,12-13H2,1H3,(H,17,18). The molecule has 0 fully saturated rings. The first-order chi connectivity index (χ1) is 9.81. The van der Waals surface area contributed by atoms with E-state index in [9.17, 15) is 5.11 Å². The van der Waals surface area contributed by atoms with Gasteiger partial charge in [-0.1, -0.05) is 30.3 Å². The summed E-state index contributed by atoms with van der Waals surface area (Å²) in [6.45, 7) is 2.45. The summed E-state index contributed by atoms with van der Waals surface area (Å²) in [7, 11) is 1.86. The number of aliphatic hydroxyl groups excluding tert-OH is 1. The van der Waals surface area contributed by atoms with Gasteiger partial charge in [-0.25, -0.2) is 4.98 Å². The zero-order valence-corrected chi connectivity index (χ0v) is 11.8. The Labute approximate surface area is 120 Å². The largest absolute Gasteiger partial charge is 0.395 e. The first-order valence-electron chi connectivity index (χ1n) is 6.81. The van der Waals surface area contributed by atoms with E-state index >= 15 is 0 Å². The summed E-state index contributed by atoms with van der Waals surface area (Å²) in [4.78, 5) is 6.44. The molecule has 0 aliphatic heterocycles. The Morgan fingerprint density at radius 1 is 1.10 bits per heavy atom. The van der Waals surface area contributed by atoms with Crippen LogP contribution in [0.5, 0.6) is 0 Å². The van der Waals surface area contributed by atoms with Gasteiger partial charge < -0.3 is 10.4 Å². The molecule has 4 nitrogen and oxygen atoms in total. The molecule has 0 spiro atoms. The van der Waals surface area contributed by atoms with Crippen molar-refractivity contribution in [2.24, 2.45) is 0 Å². The Morgan fingerprint density at radius 3 is 2.55 bits per heavy atom. The van der Waals surface area contributed by atoms with Gasteiger partial charge in [0.2, 0.25) is 0 Å². The van der Waals surface area contributed by atoms with E-state index in [2.05, 4.69) is 27.3 Å². The maximum Gasteiger partial charge on any atom is 0.125 e. The molecule has 20 heavy (non-hydrogen) atoms. The summed E-state index contributed by atoms with van der Waals surface area (Å²) in [6.07, 6.45) is 1.81. The van der Waals surface area contributed by atoms with Crippen LogP contribution in [0.3, 0.4) is 0 Å². The van der Waals surface area contributed by atoms with Gasteiger partial charge in [0.25, 0.3) is 0 Å². The molecular weight excluding hydrogens is 250 g/mol. The molecule has 2 aromatic rings. The molecule has 0 saturated carbocycles. The van der Waals surface area contributed by atoms with Crippen molar-refractivity contribution in [1.82, 2.24) is 9.88 Å². The Morgan fingerprint density at radius 2 is 1.85 bits per heavy atom. The van der Waals surface area contributed by atoms with Crippen LogP contribution in [0.2, 0.25) is 0 Å². The molecule has 0 unspecified atom stereocenters. The molecule has 0 amide bonds. The third-order valence-corrected chi connectivity index (χ3v) is 3.15. The van der Waals surface area contributed by atoms with Crippen molar-refractivity contribution >= 4 is 5.82 Å². The lowest BCUT2D eigenvalue weighted by Crippen LogP contribution is -2.26. The first kappa shape index (κ1) is 14.5. The molecule has 2 N–H and O–H groups in total. The highest BCUT2D eigenvalue weighted by Gasteiger charge is 2.07. The highest BCUT2D eigenvalue weighted by molar-refractivity contribution is 5.36. The molecule has 0 aliphatic rings. The molecular formula is C16H21N3O. The molecule has 0 radical (unpaired) electrons. The Bertz CT molecular complexity index is 516. The molecule has 1 heterocycles. The van der Waals surface area contributed by atoms with Crippen LogP contribution in [0.1, 0.15) is 11.1 Å². The van der Waals surface area contributed by atoms with Gasteiger partial charge in [-0.2, -0.15) is 0 Å². The monoisotopic (exact) mass is 271 g/mol. The topological polar surface area (TPSA) is 48.4 Å². The van der Waals surface area contributed by atoms with Crippen LogP contribution in [-0.2, 0) is 13.1 Å². The highest BCUT2D eigenvalue weighted by Crippen LogP contribution is 2.12. The molecule has 0 saturated heterocycles. The van der Waals surface area contributed by atoms with E-state index in [-0.39, 0.29) is 6.61 Å². The van der Waals surface area contributed by atoms with Crippen molar-refractivity contribution in [2.45, 2.75) is 13.1 Å². The van der Waals surface area contributed by atoms with Crippen molar-refractivity contribution in [1.29, 1.82) is 0 Å². The maximum absolute atomic E-state index is 9.23. The van der Waals surface area contributed by atoms with E-state index in [1.165, 1.54) is 11.1 Å². The van der Waals surface area contributed by atoms with Gasteiger partial charge in [-0.15, -0.1) is 0 Å². The van der Waals surface area contributed by atoms with Gasteiger partial charge in [0.1, 0.15) is 5.82 Å². The van der Waals surface area contributed by atoms with Crippen molar-refractivity contribution in [3.05, 3.63) is 59.8 Å². The lowest BCUT2D eigenvalue weighted by molar-refractivity contribution is 0.184. The SMILES string of the molecule is CNc1cc(CN(CCO)Cc2ccccc2)ccn1. The predicted molar refractivity (Wildman–Crippen MR) is 81.4 cm³/mol. The van der Waals surface area contributed by atoms with E-state index in [0.717, 1.165) is 18.9 Å². The second-order valence-corrected chi connectivity index (χ2v) is 4.72. The van der Waals surface area contributed by atoms with Gasteiger partial charge in [0.15, 0.2) is 0 Å². The van der Waals surface area contributed by atoms with Crippen molar-refractivity contribution in [3.63, 3.8) is 0 Å². The van der Waals surface area contributed by atoms with Crippen molar-refractivity contribution in [2.75, 3.05) is 25.5 Å². The number of anilines is 1. The number of aliphatic hydroxyl groups is 1. The summed E-state index contributed by atoms with van der Waals surface area (Å²) in [5, 5.41) is 12.3. The number of benzene rings is 1. The summed E-state index contributed by atoms with van der Waals surface area (Å²) in [5.74, 6) is 0.867.